The van der Waals surface area contributed by atoms with Crippen LogP contribution in [0.5, 0.6) is 0 Å². The molecule has 3 fully saturated rings. The summed E-state index contributed by atoms with van der Waals surface area (Å²) < 4.78 is 56.2. The Morgan fingerprint density at radius 2 is 1.26 bits per heavy atom. The first kappa shape index (κ1) is 28.6. The van der Waals surface area contributed by atoms with Gasteiger partial charge in [0, 0.05) is 0 Å². The molecule has 4 aliphatic rings. The molecule has 2 radical (unpaired) electrons. The SMILES string of the molecule is O=C([O][SnH])C1=CC[N]([Sn]([CH2]C2CCCCC2F)([CH2]C2CCCCC2F)[CH2]C2CCCCC2F)CC1. The molecular weight excluding hydrogens is 665 g/mol. The first-order valence-corrected chi connectivity index (χ1v) is 22.9. The number of rotatable bonds is 8. The zero-order chi connectivity index (χ0) is 24.8. The maximum absolute atomic E-state index is 15.3. The summed E-state index contributed by atoms with van der Waals surface area (Å²) in [5.74, 6) is -0.0467. The van der Waals surface area contributed by atoms with Crippen molar-refractivity contribution in [3.63, 3.8) is 0 Å². The van der Waals surface area contributed by atoms with E-state index < -0.39 is 37.2 Å². The van der Waals surface area contributed by atoms with Gasteiger partial charge >= 0.3 is 230 Å². The number of halogens is 3. The van der Waals surface area contributed by atoms with Crippen molar-refractivity contribution in [2.24, 2.45) is 17.8 Å². The molecule has 198 valence electrons. The summed E-state index contributed by atoms with van der Waals surface area (Å²) >= 11 is -3.01. The minimum atomic E-state index is -3.46. The molecular formula is C27H44F3NO2Sn2. The first-order valence-electron chi connectivity index (χ1n) is 14.2. The third kappa shape index (κ3) is 7.36. The molecule has 4 rings (SSSR count). The van der Waals surface area contributed by atoms with E-state index in [1.54, 1.807) is 0 Å². The van der Waals surface area contributed by atoms with E-state index in [-0.39, 0.29) is 23.7 Å². The fourth-order valence-electron chi connectivity index (χ4n) is 7.64. The summed E-state index contributed by atoms with van der Waals surface area (Å²) in [5.41, 5.74) is 0.747. The monoisotopic (exact) mass is 711 g/mol. The van der Waals surface area contributed by atoms with E-state index in [2.05, 4.69) is 3.12 Å². The Bertz CT molecular complexity index is 679. The second-order valence-electron chi connectivity index (χ2n) is 11.8. The van der Waals surface area contributed by atoms with Gasteiger partial charge in [-0.3, -0.25) is 0 Å². The number of hydrogen-bond acceptors (Lipinski definition) is 3. The van der Waals surface area contributed by atoms with Crippen LogP contribution in [0.4, 0.5) is 13.2 Å². The molecule has 0 aromatic carbocycles. The van der Waals surface area contributed by atoms with Crippen LogP contribution in [-0.2, 0) is 7.87 Å². The molecule has 6 unspecified atom stereocenters. The van der Waals surface area contributed by atoms with Gasteiger partial charge in [-0.1, -0.05) is 0 Å². The third-order valence-corrected chi connectivity index (χ3v) is 26.2. The van der Waals surface area contributed by atoms with Crippen molar-refractivity contribution in [2.45, 2.75) is 115 Å². The molecule has 0 saturated heterocycles. The average Bonchev–Trinajstić information content (AvgIpc) is 2.88. The van der Waals surface area contributed by atoms with Crippen molar-refractivity contribution in [1.29, 1.82) is 0 Å². The molecule has 0 amide bonds. The van der Waals surface area contributed by atoms with Gasteiger partial charge in [-0.15, -0.1) is 0 Å². The molecule has 0 N–H and O–H groups in total. The third-order valence-electron chi connectivity index (χ3n) is 9.62. The van der Waals surface area contributed by atoms with Gasteiger partial charge in [-0.25, -0.2) is 0 Å². The fourth-order valence-corrected chi connectivity index (χ4v) is 27.0. The Hall–Kier alpha value is 0.557. The second-order valence-corrected chi connectivity index (χ2v) is 24.8. The topological polar surface area (TPSA) is 29.5 Å². The van der Waals surface area contributed by atoms with Crippen LogP contribution in [-0.4, -0.2) is 82.3 Å². The van der Waals surface area contributed by atoms with Crippen LogP contribution in [0.2, 0.25) is 13.3 Å². The summed E-state index contributed by atoms with van der Waals surface area (Å²) in [6.45, 7) is 1.45. The zero-order valence-corrected chi connectivity index (χ0v) is 27.4. The van der Waals surface area contributed by atoms with Gasteiger partial charge in [0.25, 0.3) is 0 Å². The maximum atomic E-state index is 15.3. The Morgan fingerprint density at radius 1 is 0.829 bits per heavy atom. The Balaban J connectivity index is 1.66. The minimum absolute atomic E-state index is 0.0550. The number of nitrogens with zero attached hydrogens (tertiary/aromatic N) is 1. The molecule has 6 atom stereocenters. The van der Waals surface area contributed by atoms with Crippen LogP contribution < -0.4 is 0 Å². The van der Waals surface area contributed by atoms with Gasteiger partial charge in [0.1, 0.15) is 0 Å². The average molecular weight is 709 g/mol. The van der Waals surface area contributed by atoms with Crippen molar-refractivity contribution in [1.82, 2.24) is 3.12 Å². The van der Waals surface area contributed by atoms with E-state index in [1.165, 1.54) is 0 Å². The summed E-state index contributed by atoms with van der Waals surface area (Å²) in [6.07, 6.45) is 11.2. The molecule has 3 aliphatic carbocycles. The van der Waals surface area contributed by atoms with Gasteiger partial charge in [0.05, 0.1) is 0 Å². The van der Waals surface area contributed by atoms with Crippen LogP contribution in [0, 0.1) is 17.8 Å². The van der Waals surface area contributed by atoms with E-state index in [0.29, 0.717) is 55.2 Å². The molecule has 35 heavy (non-hydrogen) atoms. The molecule has 8 heteroatoms. The Morgan fingerprint density at radius 3 is 1.60 bits per heavy atom. The summed E-state index contributed by atoms with van der Waals surface area (Å²) in [4.78, 5) is 12.2. The van der Waals surface area contributed by atoms with Crippen molar-refractivity contribution < 1.29 is 21.0 Å². The van der Waals surface area contributed by atoms with Crippen molar-refractivity contribution in [3.8, 4) is 0 Å². The Labute approximate surface area is 228 Å². The zero-order valence-electron chi connectivity index (χ0n) is 21.2. The van der Waals surface area contributed by atoms with Gasteiger partial charge in [-0.05, 0) is 0 Å². The quantitative estimate of drug-likeness (QED) is 0.270. The van der Waals surface area contributed by atoms with E-state index in [0.717, 1.165) is 83.2 Å². The standard InChI is InChI=1S/3C7H12F.C6H8NO2.2Sn.H/c3*1-6-4-2-3-5-7(6)8;8-6(9)5-1-3-7-4-2-5;;;/h3*6-7H,1-5H2;1H,2-4H2,(H,8,9);;;/q;;;-1;2*+1;/p-1. The van der Waals surface area contributed by atoms with Gasteiger partial charge < -0.3 is 0 Å². The van der Waals surface area contributed by atoms with Gasteiger partial charge in [-0.2, -0.15) is 0 Å². The molecule has 3 saturated carbocycles. The summed E-state index contributed by atoms with van der Waals surface area (Å²) in [7, 11) is 0. The van der Waals surface area contributed by atoms with Crippen molar-refractivity contribution in [2.75, 3.05) is 13.1 Å². The molecule has 1 heterocycles. The summed E-state index contributed by atoms with van der Waals surface area (Å²) in [6, 6.07) is 0. The number of carbonyl (C=O) groups is 1. The number of alkyl halides is 3. The van der Waals surface area contributed by atoms with Crippen LogP contribution in [0.3, 0.4) is 0 Å². The molecule has 0 bridgehead atoms. The predicted molar refractivity (Wildman–Crippen MR) is 138 cm³/mol. The van der Waals surface area contributed by atoms with E-state index in [9.17, 15) is 4.79 Å². The van der Waals surface area contributed by atoms with Gasteiger partial charge in [0.15, 0.2) is 0 Å². The fraction of sp³-hybridized carbons (Fsp3) is 0.889. The van der Waals surface area contributed by atoms with E-state index in [1.807, 2.05) is 6.08 Å². The predicted octanol–water partition coefficient (Wildman–Crippen LogP) is 6.51. The normalized spacial score (nSPS) is 36.7. The first-order chi connectivity index (χ1) is 16.9. The number of hydrogen-bond donors (Lipinski definition) is 0. The Kier molecular flexibility index (Phi) is 11.1. The molecule has 0 aromatic rings. The van der Waals surface area contributed by atoms with Crippen LogP contribution in [0.25, 0.3) is 0 Å². The van der Waals surface area contributed by atoms with E-state index in [4.69, 9.17) is 3.07 Å². The molecule has 1 aliphatic heterocycles. The van der Waals surface area contributed by atoms with E-state index >= 15 is 13.2 Å². The summed E-state index contributed by atoms with van der Waals surface area (Å²) in [5, 5.41) is 0. The molecule has 0 aromatic heterocycles. The second kappa shape index (κ2) is 13.6. The van der Waals surface area contributed by atoms with Crippen LogP contribution in [0.1, 0.15) is 83.5 Å². The molecule has 0 spiro atoms. The number of carbonyl (C=O) groups excluding carboxylic acids is 1. The van der Waals surface area contributed by atoms with Crippen LogP contribution in [0.15, 0.2) is 11.6 Å². The van der Waals surface area contributed by atoms with Crippen molar-refractivity contribution in [3.05, 3.63) is 11.6 Å². The molecule has 3 nitrogen and oxygen atoms in total. The van der Waals surface area contributed by atoms with Crippen LogP contribution >= 0.6 is 0 Å². The van der Waals surface area contributed by atoms with Crippen molar-refractivity contribution >= 4 is 47.6 Å². The van der Waals surface area contributed by atoms with Gasteiger partial charge in [0.2, 0.25) is 0 Å².